The van der Waals surface area contributed by atoms with Crippen molar-refractivity contribution in [1.82, 2.24) is 0 Å². The van der Waals surface area contributed by atoms with E-state index < -0.39 is 78.5 Å². The number of aromatic hydroxyl groups is 3. The van der Waals surface area contributed by atoms with Gasteiger partial charge in [0.2, 0.25) is 0 Å². The molecule has 0 spiro atoms. The minimum Gasteiger partial charge on any atom is -0.506 e. The molecule has 0 heterocycles. The Morgan fingerprint density at radius 3 is 1.60 bits per heavy atom. The van der Waals surface area contributed by atoms with E-state index in [9.17, 15) is 64.3 Å². The van der Waals surface area contributed by atoms with Crippen LogP contribution >= 0.6 is 0 Å². The Labute approximate surface area is 383 Å². The van der Waals surface area contributed by atoms with E-state index in [1.54, 1.807) is 0 Å². The second-order valence-corrected chi connectivity index (χ2v) is 18.2. The van der Waals surface area contributed by atoms with Gasteiger partial charge in [0.05, 0.1) is 45.1 Å². The predicted octanol–water partition coefficient (Wildman–Crippen LogP) is 10.3. The van der Waals surface area contributed by atoms with Crippen LogP contribution < -0.4 is 15.4 Å². The quantitative estimate of drug-likeness (QED) is 0.0205. The number of methoxy groups -OCH3 is 1. The maximum Gasteiger partial charge on any atom is 0.296 e. The third kappa shape index (κ3) is 11.0. The van der Waals surface area contributed by atoms with E-state index in [1.165, 1.54) is 92.0 Å². The number of azo groups is 3. The van der Waals surface area contributed by atoms with Crippen molar-refractivity contribution in [2.45, 2.75) is 14.7 Å². The van der Waals surface area contributed by atoms with Crippen molar-refractivity contribution in [3.05, 3.63) is 131 Å². The SMILES string of the molecule is COc1ccc(/N=N/c2c(S(=O)(=O)O)cc3cc(S(=O)(=O)O)cc(N=Nc4ccc(Nc5ccc(N=Nc6ccc(Nc7ccc([N+](=O)[O-])cc7S(=O)(=O)O)cc6)c(O)c5)cc4O)c3c2O)cc1. The topological polar surface area (TPSA) is 374 Å². The van der Waals surface area contributed by atoms with Crippen molar-refractivity contribution >= 4 is 104 Å². The van der Waals surface area contributed by atoms with Crippen LogP contribution in [0.1, 0.15) is 0 Å². The van der Waals surface area contributed by atoms with Crippen LogP contribution in [0.3, 0.4) is 0 Å². The smallest absolute Gasteiger partial charge is 0.296 e. The maximum absolute atomic E-state index is 12.4. The summed E-state index contributed by atoms with van der Waals surface area (Å²) in [6, 6.07) is 25.5. The predicted molar refractivity (Wildman–Crippen MR) is 243 cm³/mol. The van der Waals surface area contributed by atoms with Crippen LogP contribution in [0.25, 0.3) is 10.8 Å². The number of phenolic OH excluding ortho intramolecular Hbond substituents is 3. The molecule has 8 N–H and O–H groups in total. The molecule has 0 aliphatic carbocycles. The van der Waals surface area contributed by atoms with Gasteiger partial charge in [0.25, 0.3) is 36.0 Å². The highest BCUT2D eigenvalue weighted by Gasteiger charge is 2.26. The van der Waals surface area contributed by atoms with E-state index >= 15 is 0 Å². The molecule has 0 fully saturated rings. The van der Waals surface area contributed by atoms with Crippen molar-refractivity contribution < 1.29 is 63.9 Å². The van der Waals surface area contributed by atoms with Gasteiger partial charge in [-0.15, -0.1) is 20.5 Å². The number of nitro groups is 1. The molecular weight excluding hydrogens is 955 g/mol. The molecular formula is C41H31N9O15S3. The lowest BCUT2D eigenvalue weighted by atomic mass is 10.1. The van der Waals surface area contributed by atoms with E-state index in [2.05, 4.69) is 41.3 Å². The Morgan fingerprint density at radius 1 is 0.544 bits per heavy atom. The molecule has 0 aliphatic rings. The van der Waals surface area contributed by atoms with Crippen molar-refractivity contribution in [2.75, 3.05) is 17.7 Å². The van der Waals surface area contributed by atoms with Gasteiger partial charge < -0.3 is 30.7 Å². The number of fused-ring (bicyclic) bond motifs is 1. The third-order valence-corrected chi connectivity index (χ3v) is 12.0. The molecule has 68 heavy (non-hydrogen) atoms. The normalized spacial score (nSPS) is 12.3. The molecule has 348 valence electrons. The van der Waals surface area contributed by atoms with Gasteiger partial charge in [-0.05, 0) is 102 Å². The van der Waals surface area contributed by atoms with E-state index in [4.69, 9.17) is 4.74 Å². The highest BCUT2D eigenvalue weighted by Crippen LogP contribution is 2.47. The molecule has 0 radical (unpaired) electrons. The second kappa shape index (κ2) is 18.8. The average Bonchev–Trinajstić information content (AvgIpc) is 3.27. The number of rotatable bonds is 15. The molecule has 7 aromatic rings. The Kier molecular flexibility index (Phi) is 13.1. The fourth-order valence-corrected chi connectivity index (χ4v) is 8.04. The molecule has 0 aromatic heterocycles. The van der Waals surface area contributed by atoms with E-state index in [1.807, 2.05) is 0 Å². The average molecular weight is 986 g/mol. The molecule has 7 aromatic carbocycles. The van der Waals surface area contributed by atoms with Gasteiger partial charge in [0.15, 0.2) is 5.75 Å². The lowest BCUT2D eigenvalue weighted by molar-refractivity contribution is -0.385. The summed E-state index contributed by atoms with van der Waals surface area (Å²) >= 11 is 0. The van der Waals surface area contributed by atoms with Crippen molar-refractivity contribution in [2.24, 2.45) is 30.7 Å². The first kappa shape index (κ1) is 47.5. The summed E-state index contributed by atoms with van der Waals surface area (Å²) in [7, 11) is -13.5. The summed E-state index contributed by atoms with van der Waals surface area (Å²) in [6.45, 7) is 0. The Balaban J connectivity index is 1.09. The van der Waals surface area contributed by atoms with E-state index in [0.29, 0.717) is 28.9 Å². The molecule has 0 saturated carbocycles. The van der Waals surface area contributed by atoms with Crippen molar-refractivity contribution in [1.29, 1.82) is 0 Å². The summed E-state index contributed by atoms with van der Waals surface area (Å²) in [5, 5.41) is 73.0. The standard InChI is InChI=1S/C41H31N9O15S3/c1-65-29-11-6-25(7-12-29)45-49-40-38(68(62,63)64)17-22-16-30(66(56,57)58)21-34(39(22)41(40)53)48-47-32-14-9-27(19-36(32)52)42-26-8-13-31(35(51)18-26)46-44-24-4-2-23(3-5-24)43-33-15-10-28(50(54)55)20-37(33)67(59,60)61/h2-21,42-43,51-53H,1H3,(H,56,57,58)(H,59,60,61)(H,62,63,64)/b46-44?,48-47?,49-45+. The summed E-state index contributed by atoms with van der Waals surface area (Å²) in [6.07, 6.45) is 0. The summed E-state index contributed by atoms with van der Waals surface area (Å²) < 4.78 is 108. The number of phenols is 3. The van der Waals surface area contributed by atoms with E-state index in [0.717, 1.165) is 30.3 Å². The van der Waals surface area contributed by atoms with Gasteiger partial charge in [0.1, 0.15) is 44.1 Å². The first-order chi connectivity index (χ1) is 32.1. The zero-order chi connectivity index (χ0) is 49.1. The molecule has 24 nitrogen and oxygen atoms in total. The van der Waals surface area contributed by atoms with Gasteiger partial charge >= 0.3 is 0 Å². The highest BCUT2D eigenvalue weighted by molar-refractivity contribution is 7.86. The number of ether oxygens (including phenoxy) is 1. The first-order valence-electron chi connectivity index (χ1n) is 18.8. The number of anilines is 4. The molecule has 0 aliphatic heterocycles. The molecule has 7 rings (SSSR count). The monoisotopic (exact) mass is 985 g/mol. The Bertz CT molecular complexity index is 3590. The molecule has 0 unspecified atom stereocenters. The van der Waals surface area contributed by atoms with E-state index in [-0.39, 0.29) is 45.0 Å². The minimum absolute atomic E-state index is 0.0540. The molecule has 0 bridgehead atoms. The fraction of sp³-hybridized carbons (Fsp3) is 0.0244. The van der Waals surface area contributed by atoms with Gasteiger partial charge in [-0.3, -0.25) is 23.8 Å². The van der Waals surface area contributed by atoms with Crippen LogP contribution in [0.5, 0.6) is 23.0 Å². The van der Waals surface area contributed by atoms with Crippen LogP contribution in [-0.2, 0) is 30.4 Å². The number of nitro benzene ring substituents is 1. The number of nitrogens with one attached hydrogen (secondary N) is 2. The number of benzene rings is 7. The third-order valence-electron chi connectivity index (χ3n) is 9.39. The number of hydrogen-bond acceptors (Lipinski definition) is 20. The molecule has 0 amide bonds. The van der Waals surface area contributed by atoms with Crippen LogP contribution in [0, 0.1) is 10.1 Å². The summed E-state index contributed by atoms with van der Waals surface area (Å²) in [4.78, 5) is 7.82. The number of non-ortho nitro benzene ring substituents is 1. The highest BCUT2D eigenvalue weighted by atomic mass is 32.2. The van der Waals surface area contributed by atoms with Crippen LogP contribution in [0.15, 0.2) is 167 Å². The van der Waals surface area contributed by atoms with Gasteiger partial charge in [-0.2, -0.15) is 35.5 Å². The van der Waals surface area contributed by atoms with Gasteiger partial charge in [-0.25, -0.2) is 0 Å². The Hall–Kier alpha value is -8.47. The summed E-state index contributed by atoms with van der Waals surface area (Å²) in [5.41, 5.74) is -0.564. The van der Waals surface area contributed by atoms with Gasteiger partial charge in [0, 0.05) is 41.3 Å². The lowest BCUT2D eigenvalue weighted by Crippen LogP contribution is -2.04. The maximum atomic E-state index is 12.4. The van der Waals surface area contributed by atoms with Crippen molar-refractivity contribution in [3.8, 4) is 23.0 Å². The fourth-order valence-electron chi connectivity index (χ4n) is 6.18. The number of hydrogen-bond donors (Lipinski definition) is 8. The summed E-state index contributed by atoms with van der Waals surface area (Å²) in [5.74, 6) is -1.23. The van der Waals surface area contributed by atoms with Crippen molar-refractivity contribution in [3.63, 3.8) is 0 Å². The van der Waals surface area contributed by atoms with Crippen LogP contribution in [0.2, 0.25) is 0 Å². The van der Waals surface area contributed by atoms with Crippen LogP contribution in [0.4, 0.5) is 62.6 Å². The second-order valence-electron chi connectivity index (χ2n) is 14.0. The zero-order valence-electron chi connectivity index (χ0n) is 34.3. The Morgan fingerprint density at radius 2 is 1.07 bits per heavy atom. The molecule has 0 atom stereocenters. The minimum atomic E-state index is -5.14. The molecule has 27 heteroatoms. The first-order valence-corrected chi connectivity index (χ1v) is 23.1. The lowest BCUT2D eigenvalue weighted by Gasteiger charge is -2.12. The largest absolute Gasteiger partial charge is 0.506 e. The van der Waals surface area contributed by atoms with Crippen LogP contribution in [-0.4, -0.2) is 66.3 Å². The number of nitrogens with zero attached hydrogens (tertiary/aromatic N) is 7. The van der Waals surface area contributed by atoms with Gasteiger partial charge in [-0.1, -0.05) is 0 Å². The molecule has 0 saturated heterocycles. The zero-order valence-corrected chi connectivity index (χ0v) is 36.7.